The van der Waals surface area contributed by atoms with Crippen LogP contribution in [0.4, 0.5) is 0 Å². The molecule has 1 aliphatic rings. The molecule has 168 valence electrons. The van der Waals surface area contributed by atoms with Crippen LogP contribution >= 0.6 is 11.3 Å². The van der Waals surface area contributed by atoms with Crippen LogP contribution in [0.5, 0.6) is 5.75 Å². The van der Waals surface area contributed by atoms with Crippen LogP contribution < -0.4 is 15.4 Å². The number of carbonyl (C=O) groups excluding carboxylic acids is 1. The van der Waals surface area contributed by atoms with Crippen molar-refractivity contribution in [2.24, 2.45) is 10.9 Å². The number of nitrogens with one attached hydrogen (secondary N) is 2. The zero-order valence-electron chi connectivity index (χ0n) is 19.0. The van der Waals surface area contributed by atoms with E-state index >= 15 is 0 Å². The SMILES string of the molecule is CN=C(NCCC(=O)N1CCc2sccc2C1)NC(C)c1ccc(OCC(C)C)cc1. The lowest BCUT2D eigenvalue weighted by molar-refractivity contribution is -0.131. The fourth-order valence-corrected chi connectivity index (χ4v) is 4.40. The minimum Gasteiger partial charge on any atom is -0.493 e. The Morgan fingerprint density at radius 2 is 2.00 bits per heavy atom. The van der Waals surface area contributed by atoms with Gasteiger partial charge in [-0.05, 0) is 54.0 Å². The van der Waals surface area contributed by atoms with Crippen molar-refractivity contribution in [1.82, 2.24) is 15.5 Å². The zero-order valence-corrected chi connectivity index (χ0v) is 19.8. The first kappa shape index (κ1) is 23.1. The minimum absolute atomic E-state index is 0.0835. The van der Waals surface area contributed by atoms with Crippen molar-refractivity contribution in [3.8, 4) is 5.75 Å². The molecule has 7 heteroatoms. The number of guanidine groups is 1. The van der Waals surface area contributed by atoms with Gasteiger partial charge in [-0.15, -0.1) is 11.3 Å². The van der Waals surface area contributed by atoms with Gasteiger partial charge in [-0.1, -0.05) is 26.0 Å². The lowest BCUT2D eigenvalue weighted by atomic mass is 10.1. The van der Waals surface area contributed by atoms with Gasteiger partial charge in [-0.25, -0.2) is 0 Å². The van der Waals surface area contributed by atoms with Crippen LogP contribution in [0.1, 0.15) is 49.2 Å². The maximum atomic E-state index is 12.6. The van der Waals surface area contributed by atoms with Gasteiger partial charge in [-0.3, -0.25) is 9.79 Å². The van der Waals surface area contributed by atoms with E-state index in [-0.39, 0.29) is 11.9 Å². The molecule has 2 aromatic rings. The summed E-state index contributed by atoms with van der Waals surface area (Å²) in [4.78, 5) is 20.3. The molecule has 0 fully saturated rings. The van der Waals surface area contributed by atoms with Crippen molar-refractivity contribution in [2.75, 3.05) is 26.7 Å². The molecule has 1 amide bonds. The maximum Gasteiger partial charge on any atom is 0.224 e. The van der Waals surface area contributed by atoms with E-state index in [4.69, 9.17) is 4.74 Å². The van der Waals surface area contributed by atoms with Crippen LogP contribution in [-0.2, 0) is 17.8 Å². The number of benzene rings is 1. The number of aliphatic imine (C=N–C) groups is 1. The first-order valence-electron chi connectivity index (χ1n) is 11.0. The number of thiophene rings is 1. The number of ether oxygens (including phenoxy) is 1. The molecule has 1 aromatic heterocycles. The number of rotatable bonds is 8. The smallest absolute Gasteiger partial charge is 0.224 e. The normalized spacial score (nSPS) is 14.9. The van der Waals surface area contributed by atoms with Crippen LogP contribution in [0, 0.1) is 5.92 Å². The summed E-state index contributed by atoms with van der Waals surface area (Å²) in [6, 6.07) is 10.4. The van der Waals surface area contributed by atoms with E-state index in [1.54, 1.807) is 18.4 Å². The number of nitrogens with zero attached hydrogens (tertiary/aromatic N) is 2. The standard InChI is InChI=1S/C24H34N4O2S/c1-17(2)16-30-21-7-5-19(6-8-21)18(3)27-24(25-4)26-12-9-23(29)28-13-10-22-20(15-28)11-14-31-22/h5-8,11,14,17-18H,9-10,12-13,15-16H2,1-4H3,(H2,25,26,27). The second kappa shape index (κ2) is 11.2. The number of hydrogen-bond acceptors (Lipinski definition) is 4. The third-order valence-corrected chi connectivity index (χ3v) is 6.35. The van der Waals surface area contributed by atoms with Gasteiger partial charge in [0.05, 0.1) is 12.6 Å². The molecule has 0 bridgehead atoms. The molecule has 0 saturated heterocycles. The van der Waals surface area contributed by atoms with Gasteiger partial charge in [0.2, 0.25) is 5.91 Å². The Kier molecular flexibility index (Phi) is 8.35. The van der Waals surface area contributed by atoms with E-state index in [1.165, 1.54) is 10.4 Å². The van der Waals surface area contributed by atoms with Crippen LogP contribution in [0.15, 0.2) is 40.7 Å². The molecule has 0 radical (unpaired) electrons. The Morgan fingerprint density at radius 1 is 1.23 bits per heavy atom. The van der Waals surface area contributed by atoms with E-state index < -0.39 is 0 Å². The molecule has 1 aromatic carbocycles. The Bertz CT molecular complexity index is 876. The molecule has 0 spiro atoms. The second-order valence-corrected chi connectivity index (χ2v) is 9.32. The van der Waals surface area contributed by atoms with Gasteiger partial charge in [0, 0.05) is 38.0 Å². The highest BCUT2D eigenvalue weighted by atomic mass is 32.1. The summed E-state index contributed by atoms with van der Waals surface area (Å²) in [5.74, 6) is 2.27. The summed E-state index contributed by atoms with van der Waals surface area (Å²) < 4.78 is 5.75. The molecule has 2 N–H and O–H groups in total. The van der Waals surface area contributed by atoms with E-state index in [2.05, 4.69) is 60.0 Å². The summed E-state index contributed by atoms with van der Waals surface area (Å²) in [7, 11) is 1.75. The lowest BCUT2D eigenvalue weighted by Crippen LogP contribution is -2.41. The Balaban J connectivity index is 1.42. The van der Waals surface area contributed by atoms with Crippen LogP contribution in [-0.4, -0.2) is 43.5 Å². The van der Waals surface area contributed by atoms with Crippen molar-refractivity contribution in [3.63, 3.8) is 0 Å². The predicted molar refractivity (Wildman–Crippen MR) is 128 cm³/mol. The average molecular weight is 443 g/mol. The quantitative estimate of drug-likeness (QED) is 0.479. The molecule has 31 heavy (non-hydrogen) atoms. The van der Waals surface area contributed by atoms with Gasteiger partial charge in [0.1, 0.15) is 5.75 Å². The van der Waals surface area contributed by atoms with Crippen LogP contribution in [0.2, 0.25) is 0 Å². The lowest BCUT2D eigenvalue weighted by Gasteiger charge is -2.27. The van der Waals surface area contributed by atoms with Crippen molar-refractivity contribution < 1.29 is 9.53 Å². The third-order valence-electron chi connectivity index (χ3n) is 5.33. The summed E-state index contributed by atoms with van der Waals surface area (Å²) in [6.45, 7) is 9.19. The molecule has 0 aliphatic carbocycles. The molecule has 3 rings (SSSR count). The topological polar surface area (TPSA) is 66.0 Å². The van der Waals surface area contributed by atoms with Gasteiger partial charge in [-0.2, -0.15) is 0 Å². The van der Waals surface area contributed by atoms with Crippen LogP contribution in [0.25, 0.3) is 0 Å². The predicted octanol–water partition coefficient (Wildman–Crippen LogP) is 3.98. The summed E-state index contributed by atoms with van der Waals surface area (Å²) in [5.41, 5.74) is 2.44. The average Bonchev–Trinajstić information content (AvgIpc) is 3.25. The summed E-state index contributed by atoms with van der Waals surface area (Å²) in [6.07, 6.45) is 1.42. The first-order valence-corrected chi connectivity index (χ1v) is 11.9. The van der Waals surface area contributed by atoms with E-state index in [1.807, 2.05) is 17.0 Å². The van der Waals surface area contributed by atoms with Gasteiger partial charge in [0.15, 0.2) is 5.96 Å². The number of carbonyl (C=O) groups is 1. The second-order valence-electron chi connectivity index (χ2n) is 8.32. The molecule has 2 heterocycles. The molecular formula is C24H34N4O2S. The largest absolute Gasteiger partial charge is 0.493 e. The number of fused-ring (bicyclic) bond motifs is 1. The Hall–Kier alpha value is -2.54. The summed E-state index contributed by atoms with van der Waals surface area (Å²) >= 11 is 1.79. The van der Waals surface area contributed by atoms with E-state index in [0.717, 1.165) is 30.8 Å². The van der Waals surface area contributed by atoms with Gasteiger partial charge < -0.3 is 20.3 Å². The Morgan fingerprint density at radius 3 is 2.71 bits per heavy atom. The van der Waals surface area contributed by atoms with Crippen molar-refractivity contribution in [3.05, 3.63) is 51.7 Å². The number of amides is 1. The monoisotopic (exact) mass is 442 g/mol. The van der Waals surface area contributed by atoms with Crippen LogP contribution in [0.3, 0.4) is 0 Å². The molecule has 1 atom stereocenters. The highest BCUT2D eigenvalue weighted by molar-refractivity contribution is 7.10. The van der Waals surface area contributed by atoms with E-state index in [0.29, 0.717) is 31.4 Å². The van der Waals surface area contributed by atoms with E-state index in [9.17, 15) is 4.79 Å². The fraction of sp³-hybridized carbons (Fsp3) is 0.500. The molecule has 0 saturated carbocycles. The Labute approximate surface area is 189 Å². The molecule has 1 aliphatic heterocycles. The highest BCUT2D eigenvalue weighted by Gasteiger charge is 2.21. The fourth-order valence-electron chi connectivity index (χ4n) is 3.51. The molecular weight excluding hydrogens is 408 g/mol. The first-order chi connectivity index (χ1) is 15.0. The highest BCUT2D eigenvalue weighted by Crippen LogP contribution is 2.24. The molecule has 1 unspecified atom stereocenters. The minimum atomic E-state index is 0.0835. The maximum absolute atomic E-state index is 12.6. The molecule has 6 nitrogen and oxygen atoms in total. The summed E-state index contributed by atoms with van der Waals surface area (Å²) in [5, 5.41) is 8.77. The van der Waals surface area contributed by atoms with Crippen molar-refractivity contribution in [2.45, 2.75) is 46.2 Å². The number of hydrogen-bond donors (Lipinski definition) is 2. The van der Waals surface area contributed by atoms with Gasteiger partial charge >= 0.3 is 0 Å². The van der Waals surface area contributed by atoms with Crippen molar-refractivity contribution in [1.29, 1.82) is 0 Å². The van der Waals surface area contributed by atoms with Gasteiger partial charge in [0.25, 0.3) is 0 Å². The third kappa shape index (κ3) is 6.72. The van der Waals surface area contributed by atoms with Crippen molar-refractivity contribution >= 4 is 23.2 Å². The zero-order chi connectivity index (χ0) is 22.2.